The van der Waals surface area contributed by atoms with Gasteiger partial charge in [-0.25, -0.2) is 12.8 Å². The number of nitrogens with one attached hydrogen (secondary N) is 1. The Morgan fingerprint density at radius 3 is 2.55 bits per heavy atom. The second-order valence-electron chi connectivity index (χ2n) is 6.97. The van der Waals surface area contributed by atoms with Gasteiger partial charge in [0.1, 0.15) is 16.5 Å². The van der Waals surface area contributed by atoms with Crippen molar-refractivity contribution < 1.29 is 22.3 Å². The third-order valence-corrected chi connectivity index (χ3v) is 6.88. The SMILES string of the molecule is COc1ccc(NC(=O)CCc2ccccc2F)cc1S(=O)(=O)N1CCCCC1. The number of carbonyl (C=O) groups excluding carboxylic acids is 1. The first kappa shape index (κ1) is 21.3. The molecule has 2 aromatic rings. The number of ether oxygens (including phenoxy) is 1. The van der Waals surface area contributed by atoms with Gasteiger partial charge in [0, 0.05) is 25.2 Å². The number of hydrogen-bond donors (Lipinski definition) is 1. The number of amides is 1. The summed E-state index contributed by atoms with van der Waals surface area (Å²) in [6, 6.07) is 10.9. The van der Waals surface area contributed by atoms with Crippen molar-refractivity contribution in [2.75, 3.05) is 25.5 Å². The van der Waals surface area contributed by atoms with E-state index in [0.29, 0.717) is 24.3 Å². The number of aryl methyl sites for hydroxylation is 1. The molecule has 1 aliphatic heterocycles. The maximum atomic E-state index is 13.7. The van der Waals surface area contributed by atoms with E-state index in [9.17, 15) is 17.6 Å². The van der Waals surface area contributed by atoms with Gasteiger partial charge in [0.15, 0.2) is 0 Å². The van der Waals surface area contributed by atoms with Gasteiger partial charge in [-0.3, -0.25) is 4.79 Å². The molecule has 1 amide bonds. The van der Waals surface area contributed by atoms with Crippen LogP contribution in [0.15, 0.2) is 47.4 Å². The molecular weight excluding hydrogens is 395 g/mol. The van der Waals surface area contributed by atoms with Crippen molar-refractivity contribution in [1.29, 1.82) is 0 Å². The summed E-state index contributed by atoms with van der Waals surface area (Å²) in [6.45, 7) is 0.954. The molecule has 0 atom stereocenters. The predicted octanol–water partition coefficient (Wildman–Crippen LogP) is 3.58. The van der Waals surface area contributed by atoms with Gasteiger partial charge in [-0.1, -0.05) is 24.6 Å². The van der Waals surface area contributed by atoms with Crippen LogP contribution in [0.5, 0.6) is 5.75 Å². The minimum absolute atomic E-state index is 0.0359. The van der Waals surface area contributed by atoms with Gasteiger partial charge < -0.3 is 10.1 Å². The van der Waals surface area contributed by atoms with E-state index in [1.807, 2.05) is 0 Å². The van der Waals surface area contributed by atoms with Crippen molar-refractivity contribution in [2.24, 2.45) is 0 Å². The zero-order valence-electron chi connectivity index (χ0n) is 16.4. The number of anilines is 1. The number of piperidine rings is 1. The summed E-state index contributed by atoms with van der Waals surface area (Å²) >= 11 is 0. The molecule has 0 saturated carbocycles. The molecule has 1 heterocycles. The minimum atomic E-state index is -3.72. The first-order valence-corrected chi connectivity index (χ1v) is 11.1. The first-order valence-electron chi connectivity index (χ1n) is 9.63. The Morgan fingerprint density at radius 2 is 1.86 bits per heavy atom. The van der Waals surface area contributed by atoms with Gasteiger partial charge in [0.2, 0.25) is 15.9 Å². The van der Waals surface area contributed by atoms with Gasteiger partial charge in [-0.05, 0) is 49.1 Å². The van der Waals surface area contributed by atoms with E-state index in [2.05, 4.69) is 5.32 Å². The molecular formula is C21H25FN2O4S. The fourth-order valence-corrected chi connectivity index (χ4v) is 5.07. The molecule has 2 aromatic carbocycles. The summed E-state index contributed by atoms with van der Waals surface area (Å²) in [4.78, 5) is 12.3. The number of rotatable bonds is 7. The summed E-state index contributed by atoms with van der Waals surface area (Å²) < 4.78 is 46.5. The van der Waals surface area contributed by atoms with Crippen molar-refractivity contribution in [1.82, 2.24) is 4.31 Å². The van der Waals surface area contributed by atoms with Crippen LogP contribution < -0.4 is 10.1 Å². The third kappa shape index (κ3) is 5.13. The Bertz CT molecular complexity index is 972. The van der Waals surface area contributed by atoms with E-state index < -0.39 is 10.0 Å². The fourth-order valence-electron chi connectivity index (χ4n) is 3.37. The minimum Gasteiger partial charge on any atom is -0.495 e. The molecule has 1 fully saturated rings. The Balaban J connectivity index is 1.74. The van der Waals surface area contributed by atoms with Crippen LogP contribution in [-0.2, 0) is 21.2 Å². The molecule has 1 N–H and O–H groups in total. The lowest BCUT2D eigenvalue weighted by molar-refractivity contribution is -0.116. The predicted molar refractivity (Wildman–Crippen MR) is 109 cm³/mol. The Morgan fingerprint density at radius 1 is 1.14 bits per heavy atom. The van der Waals surface area contributed by atoms with Crippen LogP contribution in [0.4, 0.5) is 10.1 Å². The van der Waals surface area contributed by atoms with Crippen molar-refractivity contribution in [3.05, 3.63) is 53.8 Å². The van der Waals surface area contributed by atoms with Gasteiger partial charge >= 0.3 is 0 Å². The molecule has 29 heavy (non-hydrogen) atoms. The number of carbonyl (C=O) groups is 1. The van der Waals surface area contributed by atoms with Gasteiger partial charge in [-0.2, -0.15) is 4.31 Å². The summed E-state index contributed by atoms with van der Waals surface area (Å²) in [5.41, 5.74) is 0.825. The highest BCUT2D eigenvalue weighted by molar-refractivity contribution is 7.89. The lowest BCUT2D eigenvalue weighted by atomic mass is 10.1. The van der Waals surface area contributed by atoms with Crippen molar-refractivity contribution >= 4 is 21.6 Å². The Kier molecular flexibility index (Phi) is 6.87. The lowest BCUT2D eigenvalue weighted by Crippen LogP contribution is -2.35. The third-order valence-electron chi connectivity index (χ3n) is 4.96. The van der Waals surface area contributed by atoms with E-state index in [1.54, 1.807) is 24.3 Å². The molecule has 6 nitrogen and oxygen atoms in total. The molecule has 3 rings (SSSR count). The monoisotopic (exact) mass is 420 g/mol. The molecule has 1 aliphatic rings. The van der Waals surface area contributed by atoms with Crippen LogP contribution in [0.2, 0.25) is 0 Å². The van der Waals surface area contributed by atoms with Crippen LogP contribution in [0, 0.1) is 5.82 Å². The van der Waals surface area contributed by atoms with Crippen LogP contribution in [0.3, 0.4) is 0 Å². The molecule has 0 unspecified atom stereocenters. The summed E-state index contributed by atoms with van der Waals surface area (Å²) in [6.07, 6.45) is 3.01. The maximum Gasteiger partial charge on any atom is 0.246 e. The number of methoxy groups -OCH3 is 1. The normalized spacial score (nSPS) is 15.1. The van der Waals surface area contributed by atoms with Gasteiger partial charge in [0.25, 0.3) is 0 Å². The highest BCUT2D eigenvalue weighted by Gasteiger charge is 2.29. The van der Waals surface area contributed by atoms with Crippen LogP contribution in [0.25, 0.3) is 0 Å². The van der Waals surface area contributed by atoms with E-state index in [1.165, 1.54) is 29.6 Å². The average molecular weight is 421 g/mol. The summed E-state index contributed by atoms with van der Waals surface area (Å²) in [5.74, 6) is -0.431. The first-order chi connectivity index (χ1) is 13.9. The molecule has 0 bridgehead atoms. The number of halogens is 1. The molecule has 156 valence electrons. The molecule has 0 spiro atoms. The van der Waals surface area contributed by atoms with Crippen LogP contribution >= 0.6 is 0 Å². The number of benzene rings is 2. The average Bonchev–Trinajstić information content (AvgIpc) is 2.74. The van der Waals surface area contributed by atoms with E-state index in [4.69, 9.17) is 4.74 Å². The summed E-state index contributed by atoms with van der Waals surface area (Å²) in [5, 5.41) is 2.70. The fraction of sp³-hybridized carbons (Fsp3) is 0.381. The summed E-state index contributed by atoms with van der Waals surface area (Å²) in [7, 11) is -2.30. The number of nitrogens with zero attached hydrogens (tertiary/aromatic N) is 1. The molecule has 1 saturated heterocycles. The largest absolute Gasteiger partial charge is 0.495 e. The number of hydrogen-bond acceptors (Lipinski definition) is 4. The molecule has 8 heteroatoms. The zero-order valence-corrected chi connectivity index (χ0v) is 17.2. The van der Waals surface area contributed by atoms with E-state index in [0.717, 1.165) is 19.3 Å². The second kappa shape index (κ2) is 9.37. The Hall–Kier alpha value is -2.45. The zero-order chi connectivity index (χ0) is 20.9. The molecule has 0 radical (unpaired) electrons. The standard InChI is InChI=1S/C21H25FN2O4S/c1-28-19-11-10-17(15-20(19)29(26,27)24-13-5-2-6-14-24)23-21(25)12-9-16-7-3-4-8-18(16)22/h3-4,7-8,10-11,15H,2,5-6,9,12-14H2,1H3,(H,23,25). The van der Waals surface area contributed by atoms with Crippen molar-refractivity contribution in [2.45, 2.75) is 37.0 Å². The number of sulfonamides is 1. The smallest absolute Gasteiger partial charge is 0.246 e. The highest BCUT2D eigenvalue weighted by atomic mass is 32.2. The van der Waals surface area contributed by atoms with Crippen molar-refractivity contribution in [3.63, 3.8) is 0 Å². The highest BCUT2D eigenvalue weighted by Crippen LogP contribution is 2.31. The quantitative estimate of drug-likeness (QED) is 0.743. The van der Waals surface area contributed by atoms with E-state index >= 15 is 0 Å². The van der Waals surface area contributed by atoms with Crippen molar-refractivity contribution in [3.8, 4) is 5.75 Å². The topological polar surface area (TPSA) is 75.7 Å². The lowest BCUT2D eigenvalue weighted by Gasteiger charge is -2.26. The van der Waals surface area contributed by atoms with Gasteiger partial charge in [0.05, 0.1) is 7.11 Å². The maximum absolute atomic E-state index is 13.7. The van der Waals surface area contributed by atoms with Crippen LogP contribution in [0.1, 0.15) is 31.2 Å². The van der Waals surface area contributed by atoms with Crippen LogP contribution in [-0.4, -0.2) is 38.8 Å². The molecule has 0 aromatic heterocycles. The second-order valence-corrected chi connectivity index (χ2v) is 8.88. The van der Waals surface area contributed by atoms with E-state index in [-0.39, 0.29) is 35.2 Å². The Labute approximate surface area is 170 Å². The molecule has 0 aliphatic carbocycles. The van der Waals surface area contributed by atoms with Gasteiger partial charge in [-0.15, -0.1) is 0 Å².